The lowest BCUT2D eigenvalue weighted by atomic mass is 10.1. The van der Waals surface area contributed by atoms with E-state index < -0.39 is 0 Å². The van der Waals surface area contributed by atoms with Crippen molar-refractivity contribution < 1.29 is 4.79 Å². The molecule has 2 N–H and O–H groups in total. The molecule has 1 aliphatic heterocycles. The van der Waals surface area contributed by atoms with E-state index in [0.717, 1.165) is 10.9 Å². The molecule has 98 valence electrons. The van der Waals surface area contributed by atoms with Gasteiger partial charge in [-0.3, -0.25) is 4.99 Å². The van der Waals surface area contributed by atoms with Crippen molar-refractivity contribution in [3.05, 3.63) is 0 Å². The van der Waals surface area contributed by atoms with Gasteiger partial charge >= 0.3 is 6.03 Å². The van der Waals surface area contributed by atoms with Gasteiger partial charge in [0.1, 0.15) is 0 Å². The lowest BCUT2D eigenvalue weighted by Gasteiger charge is -2.28. The summed E-state index contributed by atoms with van der Waals surface area (Å²) in [5, 5.41) is 7.15. The maximum Gasteiger partial charge on any atom is 0.316 e. The van der Waals surface area contributed by atoms with Crippen molar-refractivity contribution >= 4 is 23.0 Å². The van der Waals surface area contributed by atoms with Gasteiger partial charge in [0.2, 0.25) is 0 Å². The molecule has 0 aromatic rings. The van der Waals surface area contributed by atoms with Gasteiger partial charge in [-0.25, -0.2) is 4.79 Å². The molecule has 1 saturated heterocycles. The van der Waals surface area contributed by atoms with E-state index in [4.69, 9.17) is 0 Å². The third kappa shape index (κ3) is 4.85. The van der Waals surface area contributed by atoms with Crippen molar-refractivity contribution in [3.8, 4) is 0 Å². The standard InChI is InChI=1S/C11H22N4OS/c1-8-7-17-10(14-9(8)2)12-5-6-13-11(16)15(3)4/h8-9H,5-7H2,1-4H3,(H,12,14)(H,13,16). The minimum atomic E-state index is -0.0727. The lowest BCUT2D eigenvalue weighted by molar-refractivity contribution is 0.218. The zero-order valence-electron chi connectivity index (χ0n) is 11.0. The van der Waals surface area contributed by atoms with Crippen molar-refractivity contribution in [2.45, 2.75) is 19.9 Å². The number of hydrogen-bond donors (Lipinski definition) is 2. The number of amidine groups is 1. The maximum atomic E-state index is 11.2. The number of urea groups is 1. The van der Waals surface area contributed by atoms with E-state index in [1.807, 2.05) is 0 Å². The van der Waals surface area contributed by atoms with Gasteiger partial charge in [-0.2, -0.15) is 0 Å². The summed E-state index contributed by atoms with van der Waals surface area (Å²) in [6.07, 6.45) is 0. The molecule has 0 aromatic carbocycles. The first-order valence-electron chi connectivity index (χ1n) is 5.89. The van der Waals surface area contributed by atoms with Gasteiger partial charge in [-0.15, -0.1) is 0 Å². The predicted octanol–water partition coefficient (Wildman–Crippen LogP) is 0.975. The number of aliphatic imine (C=N–C) groups is 1. The molecule has 2 unspecified atom stereocenters. The summed E-state index contributed by atoms with van der Waals surface area (Å²) >= 11 is 1.76. The monoisotopic (exact) mass is 258 g/mol. The Balaban J connectivity index is 2.23. The first kappa shape index (κ1) is 14.2. The molecule has 0 saturated carbocycles. The molecule has 1 fully saturated rings. The van der Waals surface area contributed by atoms with Gasteiger partial charge in [-0.05, 0) is 12.8 Å². The number of carbonyl (C=O) groups is 1. The van der Waals surface area contributed by atoms with E-state index in [1.54, 1.807) is 25.9 Å². The van der Waals surface area contributed by atoms with Crippen molar-refractivity contribution in [3.63, 3.8) is 0 Å². The largest absolute Gasteiger partial charge is 0.362 e. The average Bonchev–Trinajstić information content (AvgIpc) is 2.28. The minimum absolute atomic E-state index is 0.0727. The summed E-state index contributed by atoms with van der Waals surface area (Å²) in [5.41, 5.74) is 0. The van der Waals surface area contributed by atoms with Gasteiger partial charge < -0.3 is 15.5 Å². The average molecular weight is 258 g/mol. The fourth-order valence-electron chi connectivity index (χ4n) is 1.30. The van der Waals surface area contributed by atoms with Crippen LogP contribution in [0.3, 0.4) is 0 Å². The normalized spacial score (nSPS) is 26.5. The number of amides is 2. The van der Waals surface area contributed by atoms with E-state index >= 15 is 0 Å². The molecule has 0 bridgehead atoms. The highest BCUT2D eigenvalue weighted by Crippen LogP contribution is 2.18. The van der Waals surface area contributed by atoms with E-state index in [2.05, 4.69) is 29.5 Å². The van der Waals surface area contributed by atoms with Crippen molar-refractivity contribution in [1.29, 1.82) is 0 Å². The first-order valence-corrected chi connectivity index (χ1v) is 6.88. The van der Waals surface area contributed by atoms with Gasteiger partial charge in [0, 0.05) is 32.4 Å². The number of rotatable bonds is 3. The molecule has 6 heteroatoms. The molecule has 1 rings (SSSR count). The third-order valence-corrected chi connectivity index (χ3v) is 3.95. The summed E-state index contributed by atoms with van der Waals surface area (Å²) in [6, 6.07) is 0.405. The zero-order chi connectivity index (χ0) is 12.8. The predicted molar refractivity (Wildman–Crippen MR) is 73.6 cm³/mol. The molecular formula is C11H22N4OS. The van der Waals surface area contributed by atoms with Crippen LogP contribution in [0, 0.1) is 5.92 Å². The van der Waals surface area contributed by atoms with Crippen LogP contribution in [-0.4, -0.2) is 55.1 Å². The second-order valence-electron chi connectivity index (χ2n) is 4.53. The fraction of sp³-hybridized carbons (Fsp3) is 0.818. The molecule has 17 heavy (non-hydrogen) atoms. The highest BCUT2D eigenvalue weighted by Gasteiger charge is 2.20. The number of nitrogens with one attached hydrogen (secondary N) is 2. The first-order chi connectivity index (χ1) is 8.00. The molecule has 2 atom stereocenters. The summed E-state index contributed by atoms with van der Waals surface area (Å²) in [7, 11) is 3.45. The van der Waals surface area contributed by atoms with Gasteiger partial charge in [0.25, 0.3) is 0 Å². The van der Waals surface area contributed by atoms with Crippen LogP contribution < -0.4 is 10.6 Å². The quantitative estimate of drug-likeness (QED) is 0.742. The highest BCUT2D eigenvalue weighted by atomic mass is 32.2. The summed E-state index contributed by atoms with van der Waals surface area (Å²) in [6.45, 7) is 5.61. The number of nitrogens with zero attached hydrogens (tertiary/aromatic N) is 2. The van der Waals surface area contributed by atoms with Crippen molar-refractivity contribution in [2.24, 2.45) is 10.9 Å². The van der Waals surface area contributed by atoms with Gasteiger partial charge in [0.05, 0.1) is 6.54 Å². The summed E-state index contributed by atoms with van der Waals surface area (Å²) in [5.74, 6) is 1.78. The van der Waals surface area contributed by atoms with Crippen LogP contribution in [0.2, 0.25) is 0 Å². The SMILES string of the molecule is CC1CSC(=NCCNC(=O)N(C)C)NC1C. The summed E-state index contributed by atoms with van der Waals surface area (Å²) in [4.78, 5) is 17.2. The molecule has 0 aromatic heterocycles. The molecule has 1 heterocycles. The van der Waals surface area contributed by atoms with E-state index in [9.17, 15) is 4.79 Å². The molecule has 2 amide bonds. The molecule has 1 aliphatic rings. The number of carbonyl (C=O) groups excluding carboxylic acids is 1. The molecular weight excluding hydrogens is 236 g/mol. The summed E-state index contributed by atoms with van der Waals surface area (Å²) < 4.78 is 0. The van der Waals surface area contributed by atoms with Crippen LogP contribution in [0.5, 0.6) is 0 Å². The fourth-order valence-corrected chi connectivity index (χ4v) is 2.46. The zero-order valence-corrected chi connectivity index (χ0v) is 11.8. The Hall–Kier alpha value is -0.910. The van der Waals surface area contributed by atoms with E-state index in [1.165, 1.54) is 4.90 Å². The van der Waals surface area contributed by atoms with Crippen LogP contribution in [-0.2, 0) is 0 Å². The maximum absolute atomic E-state index is 11.2. The Morgan fingerprint density at radius 2 is 2.29 bits per heavy atom. The Morgan fingerprint density at radius 1 is 1.59 bits per heavy atom. The molecule has 0 aliphatic carbocycles. The molecule has 0 radical (unpaired) electrons. The van der Waals surface area contributed by atoms with Crippen LogP contribution in [0.15, 0.2) is 4.99 Å². The number of hydrogen-bond acceptors (Lipinski definition) is 3. The van der Waals surface area contributed by atoms with E-state index in [-0.39, 0.29) is 6.03 Å². The topological polar surface area (TPSA) is 56.7 Å². The van der Waals surface area contributed by atoms with Crippen LogP contribution in [0.1, 0.15) is 13.8 Å². The minimum Gasteiger partial charge on any atom is -0.362 e. The Morgan fingerprint density at radius 3 is 2.88 bits per heavy atom. The van der Waals surface area contributed by atoms with Crippen LogP contribution in [0.25, 0.3) is 0 Å². The second-order valence-corrected chi connectivity index (χ2v) is 5.54. The Kier molecular flexibility index (Phi) is 5.61. The van der Waals surface area contributed by atoms with Crippen LogP contribution in [0.4, 0.5) is 4.79 Å². The third-order valence-electron chi connectivity index (χ3n) is 2.74. The van der Waals surface area contributed by atoms with Crippen molar-refractivity contribution in [1.82, 2.24) is 15.5 Å². The molecule has 5 nitrogen and oxygen atoms in total. The van der Waals surface area contributed by atoms with E-state index in [0.29, 0.717) is 25.0 Å². The van der Waals surface area contributed by atoms with Gasteiger partial charge in [0.15, 0.2) is 5.17 Å². The Labute approximate surface area is 107 Å². The van der Waals surface area contributed by atoms with Gasteiger partial charge in [-0.1, -0.05) is 18.7 Å². The highest BCUT2D eigenvalue weighted by molar-refractivity contribution is 8.13. The van der Waals surface area contributed by atoms with Crippen molar-refractivity contribution in [2.75, 3.05) is 32.9 Å². The number of thioether (sulfide) groups is 1. The lowest BCUT2D eigenvalue weighted by Crippen LogP contribution is -2.42. The van der Waals surface area contributed by atoms with Crippen LogP contribution >= 0.6 is 11.8 Å². The molecule has 0 spiro atoms. The Bertz CT molecular complexity index is 293. The smallest absolute Gasteiger partial charge is 0.316 e. The second kappa shape index (κ2) is 6.74.